The summed E-state index contributed by atoms with van der Waals surface area (Å²) >= 11 is 0. The Morgan fingerprint density at radius 1 is 0.766 bits per heavy atom. The Morgan fingerprint density at radius 2 is 1.34 bits per heavy atom. The number of benzene rings is 3. The van der Waals surface area contributed by atoms with Crippen molar-refractivity contribution in [3.05, 3.63) is 100 Å². The molecule has 0 aliphatic heterocycles. The maximum Gasteiger partial charge on any atom is 0.173 e. The summed E-state index contributed by atoms with van der Waals surface area (Å²) in [4.78, 5) is 4.95. The van der Waals surface area contributed by atoms with Gasteiger partial charge in [-0.25, -0.2) is 0 Å². The van der Waals surface area contributed by atoms with Crippen LogP contribution in [0.4, 0.5) is 5.69 Å². The molecule has 2 heterocycles. The highest BCUT2D eigenvalue weighted by Crippen LogP contribution is 2.42. The first-order valence-electron chi connectivity index (χ1n) is 15.6. The third kappa shape index (κ3) is 8.21. The molecule has 5 rings (SSSR count). The molecule has 0 aliphatic carbocycles. The number of aromatic nitrogens is 8. The van der Waals surface area contributed by atoms with Gasteiger partial charge in [0.2, 0.25) is 0 Å². The van der Waals surface area contributed by atoms with Gasteiger partial charge in [-0.3, -0.25) is 0 Å². The Balaban J connectivity index is 1.57. The van der Waals surface area contributed by atoms with Crippen LogP contribution in [-0.4, -0.2) is 88.1 Å². The van der Waals surface area contributed by atoms with E-state index in [1.54, 1.807) is 50.5 Å². The molecule has 47 heavy (non-hydrogen) atoms. The molecule has 2 aromatic heterocycles. The minimum Gasteiger partial charge on any atom is -0.508 e. The van der Waals surface area contributed by atoms with Crippen LogP contribution in [0.15, 0.2) is 70.9 Å². The Morgan fingerprint density at radius 3 is 1.85 bits per heavy atom. The number of aryl methyl sites for hydroxylation is 2. The van der Waals surface area contributed by atoms with Crippen LogP contribution in [0.25, 0.3) is 0 Å². The molecule has 0 aliphatic rings. The van der Waals surface area contributed by atoms with Crippen LogP contribution < -0.4 is 4.90 Å². The molecule has 0 fully saturated rings. The fourth-order valence-corrected chi connectivity index (χ4v) is 5.35. The van der Waals surface area contributed by atoms with E-state index in [9.17, 15) is 10.2 Å². The van der Waals surface area contributed by atoms with Crippen molar-refractivity contribution < 1.29 is 15.3 Å². The largest absolute Gasteiger partial charge is 0.508 e. The van der Waals surface area contributed by atoms with Crippen molar-refractivity contribution in [1.29, 1.82) is 0 Å². The van der Waals surface area contributed by atoms with Crippen molar-refractivity contribution >= 4 is 18.1 Å². The third-order valence-electron chi connectivity index (χ3n) is 7.85. The van der Waals surface area contributed by atoms with Gasteiger partial charge in [-0.1, -0.05) is 25.0 Å². The van der Waals surface area contributed by atoms with Gasteiger partial charge in [0.15, 0.2) is 11.6 Å². The van der Waals surface area contributed by atoms with Crippen molar-refractivity contribution in [1.82, 2.24) is 40.6 Å². The Kier molecular flexibility index (Phi) is 11.0. The number of tetrazole rings is 2. The van der Waals surface area contributed by atoms with Crippen LogP contribution in [0.3, 0.4) is 0 Å². The van der Waals surface area contributed by atoms with Gasteiger partial charge in [0.05, 0.1) is 12.4 Å². The fourth-order valence-electron chi connectivity index (χ4n) is 5.35. The average Bonchev–Trinajstić information content (AvgIpc) is 3.69. The summed E-state index contributed by atoms with van der Waals surface area (Å²) in [5, 5.41) is 63.2. The van der Waals surface area contributed by atoms with E-state index >= 15 is 0 Å². The lowest BCUT2D eigenvalue weighted by Crippen LogP contribution is -2.24. The summed E-state index contributed by atoms with van der Waals surface area (Å²) in [6.07, 6.45) is 7.09. The summed E-state index contributed by atoms with van der Waals surface area (Å²) < 4.78 is 0. The quantitative estimate of drug-likeness (QED) is 0.0864. The first kappa shape index (κ1) is 32.9. The molecule has 3 aromatic carbocycles. The number of unbranched alkanes of at least 4 members (excludes halogenated alkanes) is 3. The molecule has 3 N–H and O–H groups in total. The molecule has 0 radical (unpaired) electrons. The highest BCUT2D eigenvalue weighted by Gasteiger charge is 2.24. The highest BCUT2D eigenvalue weighted by molar-refractivity contribution is 5.82. The van der Waals surface area contributed by atoms with Crippen LogP contribution in [0.2, 0.25) is 0 Å². The van der Waals surface area contributed by atoms with Crippen LogP contribution in [0.5, 0.6) is 11.5 Å². The van der Waals surface area contributed by atoms with Crippen LogP contribution >= 0.6 is 0 Å². The van der Waals surface area contributed by atoms with Crippen molar-refractivity contribution in [3.8, 4) is 11.5 Å². The molecule has 5 aromatic rings. The first-order chi connectivity index (χ1) is 22.9. The molecular weight excluding hydrogens is 598 g/mol. The Labute approximate surface area is 272 Å². The molecule has 0 amide bonds. The van der Waals surface area contributed by atoms with Crippen molar-refractivity contribution in [2.75, 3.05) is 24.6 Å². The standard InChI is InChI=1S/C33H39N11O3/c1-4-42(16-7-5-6-8-17-45)28-11-9-10-27(20-28)33(29-18-25(12-14-31(29)46)21-34-43-23(2)36-38-40-43)30-19-26(13-15-32(30)47)22-35-44-24(3)37-39-41-44/h9-15,18-22,33,45-47H,4-8,16-17H2,1-3H3. The zero-order valence-electron chi connectivity index (χ0n) is 26.7. The van der Waals surface area contributed by atoms with Crippen molar-refractivity contribution in [3.63, 3.8) is 0 Å². The summed E-state index contributed by atoms with van der Waals surface area (Å²) in [5.41, 5.74) is 4.48. The summed E-state index contributed by atoms with van der Waals surface area (Å²) in [6, 6.07) is 18.6. The average molecular weight is 638 g/mol. The molecule has 0 spiro atoms. The van der Waals surface area contributed by atoms with E-state index in [-0.39, 0.29) is 18.1 Å². The molecule has 0 unspecified atom stereocenters. The minimum atomic E-state index is -0.565. The molecule has 0 saturated carbocycles. The van der Waals surface area contributed by atoms with E-state index in [0.29, 0.717) is 33.9 Å². The van der Waals surface area contributed by atoms with Gasteiger partial charge in [0.1, 0.15) is 11.5 Å². The van der Waals surface area contributed by atoms with Gasteiger partial charge in [0.25, 0.3) is 0 Å². The number of phenols is 2. The van der Waals surface area contributed by atoms with Gasteiger partial charge in [-0.2, -0.15) is 10.2 Å². The van der Waals surface area contributed by atoms with Crippen molar-refractivity contribution in [2.24, 2.45) is 10.2 Å². The van der Waals surface area contributed by atoms with Gasteiger partial charge in [-0.15, -0.1) is 19.8 Å². The zero-order valence-corrected chi connectivity index (χ0v) is 26.7. The van der Waals surface area contributed by atoms with E-state index in [4.69, 9.17) is 5.11 Å². The predicted octanol–water partition coefficient (Wildman–Crippen LogP) is 4.01. The SMILES string of the molecule is CCN(CCCCCCO)c1cccc(C(c2cc(C=Nn3nnnc3C)ccc2O)c2cc(C=Nn3nnnc3C)ccc2O)c1. The molecule has 0 saturated heterocycles. The fraction of sp³-hybridized carbons (Fsp3) is 0.333. The number of aromatic hydroxyl groups is 2. The maximum atomic E-state index is 11.3. The maximum absolute atomic E-state index is 11.3. The van der Waals surface area contributed by atoms with Crippen LogP contribution in [0.1, 0.15) is 78.0 Å². The van der Waals surface area contributed by atoms with Gasteiger partial charge in [0, 0.05) is 42.4 Å². The Bertz CT molecular complexity index is 1730. The number of phenolic OH excluding ortho intramolecular Hbond substituents is 2. The number of rotatable bonds is 15. The van der Waals surface area contributed by atoms with E-state index in [1.807, 2.05) is 24.3 Å². The van der Waals surface area contributed by atoms with E-state index < -0.39 is 5.92 Å². The molecule has 0 atom stereocenters. The summed E-state index contributed by atoms with van der Waals surface area (Å²) in [7, 11) is 0. The Hall–Kier alpha value is -5.50. The molecule has 0 bridgehead atoms. The lowest BCUT2D eigenvalue weighted by Gasteiger charge is -2.26. The minimum absolute atomic E-state index is 0.0650. The van der Waals surface area contributed by atoms with Crippen LogP contribution in [-0.2, 0) is 0 Å². The third-order valence-corrected chi connectivity index (χ3v) is 7.85. The van der Waals surface area contributed by atoms with E-state index in [0.717, 1.165) is 50.0 Å². The number of hydrogen-bond donors (Lipinski definition) is 3. The lowest BCUT2D eigenvalue weighted by atomic mass is 9.82. The number of nitrogens with zero attached hydrogens (tertiary/aromatic N) is 11. The predicted molar refractivity (Wildman–Crippen MR) is 178 cm³/mol. The topological polar surface area (TPSA) is 176 Å². The normalized spacial score (nSPS) is 12.3. The first-order valence-corrected chi connectivity index (χ1v) is 15.6. The molecule has 14 heteroatoms. The van der Waals surface area contributed by atoms with Gasteiger partial charge in [-0.05, 0) is 120 Å². The monoisotopic (exact) mass is 637 g/mol. The second-order valence-electron chi connectivity index (χ2n) is 11.1. The second-order valence-corrected chi connectivity index (χ2v) is 11.1. The smallest absolute Gasteiger partial charge is 0.173 e. The number of hydrogen-bond acceptors (Lipinski definition) is 12. The molecular formula is C33H39N11O3. The number of anilines is 1. The number of aliphatic hydroxyl groups excluding tert-OH is 1. The van der Waals surface area contributed by atoms with Gasteiger partial charge < -0.3 is 20.2 Å². The van der Waals surface area contributed by atoms with Crippen LogP contribution in [0, 0.1) is 13.8 Å². The second kappa shape index (κ2) is 15.7. The molecule has 14 nitrogen and oxygen atoms in total. The lowest BCUT2D eigenvalue weighted by molar-refractivity contribution is 0.282. The van der Waals surface area contributed by atoms with Crippen molar-refractivity contribution in [2.45, 2.75) is 52.4 Å². The van der Waals surface area contributed by atoms with Gasteiger partial charge >= 0.3 is 0 Å². The van der Waals surface area contributed by atoms with E-state index in [2.05, 4.69) is 65.2 Å². The van der Waals surface area contributed by atoms with E-state index in [1.165, 1.54) is 9.58 Å². The highest BCUT2D eigenvalue weighted by atomic mass is 16.3. The zero-order chi connectivity index (χ0) is 33.2. The summed E-state index contributed by atoms with van der Waals surface area (Å²) in [5.74, 6) is 0.628. The number of aliphatic hydroxyl groups is 1. The molecule has 244 valence electrons. The summed E-state index contributed by atoms with van der Waals surface area (Å²) in [6.45, 7) is 7.52.